The minimum absolute atomic E-state index is 0.0726. The predicted octanol–water partition coefficient (Wildman–Crippen LogP) is 4.11. The maximum Gasteiger partial charge on any atom is 0.262 e. The van der Waals surface area contributed by atoms with Crippen LogP contribution in [0.2, 0.25) is 0 Å². The average Bonchev–Trinajstić information content (AvgIpc) is 2.68. The molecule has 0 aliphatic heterocycles. The number of amides is 1. The van der Waals surface area contributed by atoms with Crippen LogP contribution >= 0.6 is 11.8 Å². The van der Waals surface area contributed by atoms with E-state index < -0.39 is 5.25 Å². The number of benzene rings is 2. The molecule has 1 heterocycles. The third kappa shape index (κ3) is 4.04. The molecule has 0 saturated carbocycles. The molecule has 0 fully saturated rings. The topological polar surface area (TPSA) is 73.2 Å². The molecule has 0 radical (unpaired) electrons. The molecule has 0 bridgehead atoms. The van der Waals surface area contributed by atoms with Crippen molar-refractivity contribution < 1.29 is 9.53 Å². The van der Waals surface area contributed by atoms with Crippen molar-refractivity contribution in [2.45, 2.75) is 37.2 Å². The summed E-state index contributed by atoms with van der Waals surface area (Å²) in [6.45, 7) is 5.66. The van der Waals surface area contributed by atoms with Gasteiger partial charge in [0.1, 0.15) is 5.75 Å². The van der Waals surface area contributed by atoms with E-state index in [1.54, 1.807) is 36.8 Å². The Kier molecular flexibility index (Phi) is 6.04. The van der Waals surface area contributed by atoms with E-state index in [-0.39, 0.29) is 17.5 Å². The second-order valence-corrected chi connectivity index (χ2v) is 7.94. The van der Waals surface area contributed by atoms with Crippen molar-refractivity contribution in [3.63, 3.8) is 0 Å². The fourth-order valence-corrected chi connectivity index (χ4v) is 3.90. The van der Waals surface area contributed by atoms with Gasteiger partial charge < -0.3 is 10.1 Å². The minimum Gasteiger partial charge on any atom is -0.495 e. The number of methoxy groups -OCH3 is 1. The Morgan fingerprint density at radius 3 is 2.50 bits per heavy atom. The van der Waals surface area contributed by atoms with Gasteiger partial charge in [-0.15, -0.1) is 0 Å². The molecule has 146 valence electrons. The monoisotopic (exact) mass is 397 g/mol. The number of anilines is 1. The fraction of sp³-hybridized carbons (Fsp3) is 0.286. The molecule has 0 saturated heterocycles. The number of ether oxygens (including phenoxy) is 1. The van der Waals surface area contributed by atoms with Crippen molar-refractivity contribution in [1.29, 1.82) is 0 Å². The van der Waals surface area contributed by atoms with Gasteiger partial charge in [-0.05, 0) is 45.0 Å². The van der Waals surface area contributed by atoms with E-state index in [2.05, 4.69) is 10.3 Å². The first-order valence-electron chi connectivity index (χ1n) is 9.04. The lowest BCUT2D eigenvalue weighted by Gasteiger charge is -2.19. The number of thioether (sulfide) groups is 1. The highest BCUT2D eigenvalue weighted by molar-refractivity contribution is 8.00. The summed E-state index contributed by atoms with van der Waals surface area (Å²) in [5.74, 6) is 0.406. The van der Waals surface area contributed by atoms with Crippen LogP contribution in [-0.4, -0.2) is 27.8 Å². The number of carbonyl (C=O) groups is 1. The van der Waals surface area contributed by atoms with Gasteiger partial charge in [-0.25, -0.2) is 4.98 Å². The molecule has 1 aromatic heterocycles. The average molecular weight is 398 g/mol. The van der Waals surface area contributed by atoms with Crippen LogP contribution in [0, 0.1) is 0 Å². The maximum absolute atomic E-state index is 12.9. The summed E-state index contributed by atoms with van der Waals surface area (Å²) in [4.78, 5) is 30.3. The van der Waals surface area contributed by atoms with Gasteiger partial charge in [0, 0.05) is 6.04 Å². The molecule has 2 aromatic carbocycles. The van der Waals surface area contributed by atoms with E-state index in [0.717, 1.165) is 0 Å². The number of nitrogens with zero attached hydrogens (tertiary/aromatic N) is 2. The third-order valence-corrected chi connectivity index (χ3v) is 5.37. The zero-order valence-corrected chi connectivity index (χ0v) is 17.1. The first-order valence-corrected chi connectivity index (χ1v) is 9.92. The highest BCUT2D eigenvalue weighted by Crippen LogP contribution is 2.28. The summed E-state index contributed by atoms with van der Waals surface area (Å²) in [5, 5.41) is 3.53. The second kappa shape index (κ2) is 8.48. The summed E-state index contributed by atoms with van der Waals surface area (Å²) < 4.78 is 6.92. The normalized spacial score (nSPS) is 12.2. The fourth-order valence-electron chi connectivity index (χ4n) is 2.86. The Bertz CT molecular complexity index is 1060. The van der Waals surface area contributed by atoms with E-state index in [1.165, 1.54) is 11.8 Å². The number of para-hydroxylation sites is 3. The number of nitrogens with one attached hydrogen (secondary N) is 1. The Balaban J connectivity index is 1.90. The van der Waals surface area contributed by atoms with E-state index in [1.807, 2.05) is 44.2 Å². The summed E-state index contributed by atoms with van der Waals surface area (Å²) in [7, 11) is 1.56. The number of rotatable bonds is 6. The number of fused-ring (bicyclic) bond motifs is 1. The highest BCUT2D eigenvalue weighted by Gasteiger charge is 2.21. The molecule has 6 nitrogen and oxygen atoms in total. The maximum atomic E-state index is 12.9. The molecule has 0 aliphatic carbocycles. The van der Waals surface area contributed by atoms with Gasteiger partial charge >= 0.3 is 0 Å². The van der Waals surface area contributed by atoms with Crippen molar-refractivity contribution in [2.75, 3.05) is 12.4 Å². The Hall–Kier alpha value is -2.80. The molecule has 7 heteroatoms. The molecule has 3 aromatic rings. The van der Waals surface area contributed by atoms with Gasteiger partial charge in [0.2, 0.25) is 5.91 Å². The lowest BCUT2D eigenvalue weighted by molar-refractivity contribution is -0.115. The van der Waals surface area contributed by atoms with Crippen molar-refractivity contribution in [2.24, 2.45) is 0 Å². The van der Waals surface area contributed by atoms with Gasteiger partial charge in [-0.3, -0.25) is 14.2 Å². The van der Waals surface area contributed by atoms with Crippen LogP contribution < -0.4 is 15.6 Å². The molecule has 0 spiro atoms. The molecular formula is C21H23N3O3S. The standard InChI is InChI=1S/C21H23N3O3S/c1-13(2)24-20(26)15-9-5-6-10-16(15)23-21(24)28-14(3)19(25)22-17-11-7-8-12-18(17)27-4/h5-14H,1-4H3,(H,22,25)/t14-/m0/s1. The predicted molar refractivity (Wildman–Crippen MR) is 113 cm³/mol. The molecule has 1 atom stereocenters. The third-order valence-electron chi connectivity index (χ3n) is 4.31. The zero-order chi connectivity index (χ0) is 20.3. The largest absolute Gasteiger partial charge is 0.495 e. The van der Waals surface area contributed by atoms with Crippen LogP contribution in [0.1, 0.15) is 26.8 Å². The lowest BCUT2D eigenvalue weighted by atomic mass is 10.2. The second-order valence-electron chi connectivity index (χ2n) is 6.63. The van der Waals surface area contributed by atoms with Crippen molar-refractivity contribution in [3.05, 3.63) is 58.9 Å². The van der Waals surface area contributed by atoms with E-state index >= 15 is 0 Å². The van der Waals surface area contributed by atoms with Crippen molar-refractivity contribution in [3.8, 4) is 5.75 Å². The first kappa shape index (κ1) is 19.9. The van der Waals surface area contributed by atoms with Crippen LogP contribution in [0.4, 0.5) is 5.69 Å². The summed E-state index contributed by atoms with van der Waals surface area (Å²) >= 11 is 1.27. The number of hydrogen-bond acceptors (Lipinski definition) is 5. The number of hydrogen-bond donors (Lipinski definition) is 1. The van der Waals surface area contributed by atoms with E-state index in [4.69, 9.17) is 4.74 Å². The molecule has 0 unspecified atom stereocenters. The zero-order valence-electron chi connectivity index (χ0n) is 16.3. The molecular weight excluding hydrogens is 374 g/mol. The minimum atomic E-state index is -0.456. The van der Waals surface area contributed by atoms with Crippen LogP contribution in [0.5, 0.6) is 5.75 Å². The molecule has 0 aliphatic rings. The van der Waals surface area contributed by atoms with Crippen LogP contribution in [0.15, 0.2) is 58.5 Å². The summed E-state index contributed by atoms with van der Waals surface area (Å²) in [6.07, 6.45) is 0. The summed E-state index contributed by atoms with van der Waals surface area (Å²) in [5.41, 5.74) is 1.14. The van der Waals surface area contributed by atoms with E-state index in [0.29, 0.717) is 27.5 Å². The SMILES string of the molecule is COc1ccccc1NC(=O)[C@H](C)Sc1nc2ccccc2c(=O)n1C(C)C. The lowest BCUT2D eigenvalue weighted by Crippen LogP contribution is -2.28. The van der Waals surface area contributed by atoms with Crippen molar-refractivity contribution in [1.82, 2.24) is 9.55 Å². The smallest absolute Gasteiger partial charge is 0.262 e. The van der Waals surface area contributed by atoms with Crippen molar-refractivity contribution >= 4 is 34.3 Å². The van der Waals surface area contributed by atoms with Gasteiger partial charge in [0.05, 0.1) is 29.0 Å². The van der Waals surface area contributed by atoms with Crippen LogP contribution in [0.3, 0.4) is 0 Å². The van der Waals surface area contributed by atoms with Gasteiger partial charge in [0.15, 0.2) is 5.16 Å². The molecule has 28 heavy (non-hydrogen) atoms. The highest BCUT2D eigenvalue weighted by atomic mass is 32.2. The summed E-state index contributed by atoms with van der Waals surface area (Å²) in [6, 6.07) is 14.4. The molecule has 1 N–H and O–H groups in total. The van der Waals surface area contributed by atoms with Crippen LogP contribution in [0.25, 0.3) is 10.9 Å². The quantitative estimate of drug-likeness (QED) is 0.501. The van der Waals surface area contributed by atoms with Gasteiger partial charge in [-0.1, -0.05) is 36.0 Å². The van der Waals surface area contributed by atoms with Crippen LogP contribution in [-0.2, 0) is 4.79 Å². The molecule has 3 rings (SSSR count). The first-order chi connectivity index (χ1) is 13.4. The Morgan fingerprint density at radius 1 is 1.11 bits per heavy atom. The molecule has 1 amide bonds. The Morgan fingerprint density at radius 2 is 1.79 bits per heavy atom. The van der Waals surface area contributed by atoms with E-state index in [9.17, 15) is 9.59 Å². The number of carbonyl (C=O) groups excluding carboxylic acids is 1. The number of aromatic nitrogens is 2. The van der Waals surface area contributed by atoms with Gasteiger partial charge in [0.25, 0.3) is 5.56 Å². The Labute approximate surface area is 167 Å². The van der Waals surface area contributed by atoms with Gasteiger partial charge in [-0.2, -0.15) is 0 Å².